The summed E-state index contributed by atoms with van der Waals surface area (Å²) in [7, 11) is 1.66. The number of aliphatic hydroxyl groups is 1. The maximum atomic E-state index is 9.51. The van der Waals surface area contributed by atoms with Gasteiger partial charge in [-0.15, -0.1) is 0 Å². The van der Waals surface area contributed by atoms with Crippen LogP contribution in [0.15, 0.2) is 0 Å². The molecule has 1 fully saturated rings. The van der Waals surface area contributed by atoms with E-state index in [1.807, 2.05) is 34.6 Å². The lowest BCUT2D eigenvalue weighted by Gasteiger charge is -2.32. The van der Waals surface area contributed by atoms with Crippen LogP contribution in [0, 0.1) is 11.8 Å². The minimum Gasteiger partial charge on any atom is -0.393 e. The summed E-state index contributed by atoms with van der Waals surface area (Å²) >= 11 is 0. The Balaban J connectivity index is 2.09. The Hall–Kier alpha value is -0.200. The molecule has 0 bridgehead atoms. The molecule has 1 unspecified atom stereocenters. The Morgan fingerprint density at radius 2 is 1.35 bits per heavy atom. The minimum atomic E-state index is -0.539. The first kappa shape index (κ1) is 23.8. The number of unbranched alkanes of at least 4 members (excludes halogenated alkanes) is 1. The summed E-state index contributed by atoms with van der Waals surface area (Å²) in [6, 6.07) is 0. The Bertz CT molecular complexity index is 359. The first-order chi connectivity index (χ1) is 12.1. The largest absolute Gasteiger partial charge is 0.393 e. The molecular weight excluding hydrogens is 332 g/mol. The van der Waals surface area contributed by atoms with Crippen LogP contribution in [0.4, 0.5) is 0 Å². The Morgan fingerprint density at radius 1 is 0.846 bits per heavy atom. The van der Waals surface area contributed by atoms with Crippen LogP contribution in [0.3, 0.4) is 0 Å². The van der Waals surface area contributed by atoms with Crippen LogP contribution < -0.4 is 0 Å². The van der Waals surface area contributed by atoms with E-state index in [1.165, 1.54) is 25.7 Å². The van der Waals surface area contributed by atoms with Gasteiger partial charge in [-0.05, 0) is 78.6 Å². The van der Waals surface area contributed by atoms with Gasteiger partial charge in [0.2, 0.25) is 0 Å². The summed E-state index contributed by atoms with van der Waals surface area (Å²) in [6.07, 6.45) is 7.45. The molecule has 1 saturated carbocycles. The van der Waals surface area contributed by atoms with Crippen molar-refractivity contribution in [2.24, 2.45) is 11.8 Å². The van der Waals surface area contributed by atoms with Crippen molar-refractivity contribution >= 4 is 0 Å². The van der Waals surface area contributed by atoms with Crippen LogP contribution in [-0.4, -0.2) is 49.7 Å². The molecular formula is C21H42O5. The highest BCUT2D eigenvalue weighted by Crippen LogP contribution is 2.32. The normalized spacial score (nSPS) is 23.2. The standard InChI is InChI=1S/C21H42O5/c1-17(22)15-18-9-11-19(12-10-18)16-26-21(4,5)25-14-8-7-13-24-20(2,3)23-6/h17-19,22H,7-16H2,1-6H3. The van der Waals surface area contributed by atoms with Crippen LogP contribution in [0.25, 0.3) is 0 Å². The van der Waals surface area contributed by atoms with E-state index >= 15 is 0 Å². The fourth-order valence-corrected chi connectivity index (χ4v) is 3.38. The second kappa shape index (κ2) is 11.6. The predicted octanol–water partition coefficient (Wildman–Crippen LogP) is 4.51. The number of aliphatic hydroxyl groups excluding tert-OH is 1. The SMILES string of the molecule is COC(C)(C)OCCCCOC(C)(C)OCC1CCC(CC(C)O)CC1. The van der Waals surface area contributed by atoms with E-state index in [0.717, 1.165) is 25.9 Å². The second-order valence-corrected chi connectivity index (χ2v) is 8.69. The zero-order valence-electron chi connectivity index (χ0n) is 17.9. The fourth-order valence-electron chi connectivity index (χ4n) is 3.38. The molecule has 156 valence electrons. The van der Waals surface area contributed by atoms with Gasteiger partial charge in [0, 0.05) is 7.11 Å². The molecule has 1 atom stereocenters. The van der Waals surface area contributed by atoms with E-state index in [4.69, 9.17) is 18.9 Å². The average molecular weight is 375 g/mol. The van der Waals surface area contributed by atoms with Crippen LogP contribution in [0.1, 0.15) is 79.6 Å². The van der Waals surface area contributed by atoms with Crippen LogP contribution in [-0.2, 0) is 18.9 Å². The molecule has 1 aliphatic carbocycles. The zero-order chi connectivity index (χ0) is 19.6. The third-order valence-corrected chi connectivity index (χ3v) is 5.24. The number of rotatable bonds is 13. The number of hydrogen-bond donors (Lipinski definition) is 1. The van der Waals surface area contributed by atoms with Gasteiger partial charge in [0.25, 0.3) is 0 Å². The van der Waals surface area contributed by atoms with Crippen LogP contribution >= 0.6 is 0 Å². The van der Waals surface area contributed by atoms with E-state index in [-0.39, 0.29) is 6.10 Å². The maximum absolute atomic E-state index is 9.51. The molecule has 0 aliphatic heterocycles. The number of hydrogen-bond acceptors (Lipinski definition) is 5. The van der Waals surface area contributed by atoms with Crippen molar-refractivity contribution in [1.82, 2.24) is 0 Å². The van der Waals surface area contributed by atoms with Gasteiger partial charge < -0.3 is 24.1 Å². The predicted molar refractivity (Wildman–Crippen MR) is 104 cm³/mol. The van der Waals surface area contributed by atoms with Crippen molar-refractivity contribution in [3.05, 3.63) is 0 Å². The maximum Gasteiger partial charge on any atom is 0.162 e. The number of ether oxygens (including phenoxy) is 4. The molecule has 26 heavy (non-hydrogen) atoms. The highest BCUT2D eigenvalue weighted by Gasteiger charge is 2.25. The number of methoxy groups -OCH3 is 1. The summed E-state index contributed by atoms with van der Waals surface area (Å²) in [5.74, 6) is 0.245. The van der Waals surface area contributed by atoms with Crippen LogP contribution in [0.2, 0.25) is 0 Å². The van der Waals surface area contributed by atoms with Crippen molar-refractivity contribution < 1.29 is 24.1 Å². The molecule has 0 radical (unpaired) electrons. The first-order valence-corrected chi connectivity index (χ1v) is 10.3. The molecule has 1 rings (SSSR count). The summed E-state index contributed by atoms with van der Waals surface area (Å²) in [5, 5.41) is 9.51. The lowest BCUT2D eigenvalue weighted by Crippen LogP contribution is -2.32. The zero-order valence-corrected chi connectivity index (χ0v) is 17.9. The van der Waals surface area contributed by atoms with E-state index in [2.05, 4.69) is 0 Å². The minimum absolute atomic E-state index is 0.175. The van der Waals surface area contributed by atoms with Gasteiger partial charge in [-0.2, -0.15) is 0 Å². The lowest BCUT2D eigenvalue weighted by molar-refractivity contribution is -0.223. The fraction of sp³-hybridized carbons (Fsp3) is 1.00. The molecule has 0 aromatic carbocycles. The van der Waals surface area contributed by atoms with Gasteiger partial charge in [0.05, 0.1) is 25.9 Å². The van der Waals surface area contributed by atoms with Crippen molar-refractivity contribution in [2.75, 3.05) is 26.9 Å². The third kappa shape index (κ3) is 10.8. The average Bonchev–Trinajstić information content (AvgIpc) is 2.57. The van der Waals surface area contributed by atoms with Crippen molar-refractivity contribution in [1.29, 1.82) is 0 Å². The summed E-state index contributed by atoms with van der Waals surface area (Å²) in [5.41, 5.74) is 0. The molecule has 0 heterocycles. The highest BCUT2D eigenvalue weighted by atomic mass is 16.7. The van der Waals surface area contributed by atoms with Crippen molar-refractivity contribution in [3.63, 3.8) is 0 Å². The molecule has 5 heteroatoms. The second-order valence-electron chi connectivity index (χ2n) is 8.69. The monoisotopic (exact) mass is 374 g/mol. The molecule has 1 aliphatic rings. The molecule has 0 spiro atoms. The van der Waals surface area contributed by atoms with E-state index < -0.39 is 11.6 Å². The van der Waals surface area contributed by atoms with Crippen molar-refractivity contribution in [3.8, 4) is 0 Å². The van der Waals surface area contributed by atoms with Gasteiger partial charge in [0.1, 0.15) is 0 Å². The first-order valence-electron chi connectivity index (χ1n) is 10.3. The van der Waals surface area contributed by atoms with E-state index in [9.17, 15) is 5.11 Å². The summed E-state index contributed by atoms with van der Waals surface area (Å²) < 4.78 is 22.8. The highest BCUT2D eigenvalue weighted by molar-refractivity contribution is 4.74. The Kier molecular flexibility index (Phi) is 10.6. The Morgan fingerprint density at radius 3 is 1.85 bits per heavy atom. The quantitative estimate of drug-likeness (QED) is 0.380. The topological polar surface area (TPSA) is 57.2 Å². The van der Waals surface area contributed by atoms with Crippen molar-refractivity contribution in [2.45, 2.75) is 97.2 Å². The molecule has 1 N–H and O–H groups in total. The molecule has 0 saturated heterocycles. The summed E-state index contributed by atoms with van der Waals surface area (Å²) in [4.78, 5) is 0. The molecule has 0 aromatic heterocycles. The molecule has 5 nitrogen and oxygen atoms in total. The lowest BCUT2D eigenvalue weighted by atomic mass is 9.80. The van der Waals surface area contributed by atoms with Gasteiger partial charge in [0.15, 0.2) is 11.6 Å². The molecule has 0 aromatic rings. The van der Waals surface area contributed by atoms with Gasteiger partial charge in [-0.3, -0.25) is 0 Å². The Labute approximate surface area is 160 Å². The van der Waals surface area contributed by atoms with Crippen LogP contribution in [0.5, 0.6) is 0 Å². The van der Waals surface area contributed by atoms with Gasteiger partial charge >= 0.3 is 0 Å². The van der Waals surface area contributed by atoms with Gasteiger partial charge in [-0.25, -0.2) is 0 Å². The summed E-state index contributed by atoms with van der Waals surface area (Å²) in [6.45, 7) is 11.8. The van der Waals surface area contributed by atoms with E-state index in [0.29, 0.717) is 25.0 Å². The third-order valence-electron chi connectivity index (χ3n) is 5.24. The van der Waals surface area contributed by atoms with E-state index in [1.54, 1.807) is 7.11 Å². The molecule has 0 amide bonds. The van der Waals surface area contributed by atoms with Gasteiger partial charge in [-0.1, -0.05) is 12.8 Å². The smallest absolute Gasteiger partial charge is 0.162 e.